The van der Waals surface area contributed by atoms with Crippen molar-refractivity contribution < 1.29 is 18.8 Å². The average molecular weight is 334 g/mol. The van der Waals surface area contributed by atoms with Gasteiger partial charge in [0.2, 0.25) is 0 Å². The predicted molar refractivity (Wildman–Crippen MR) is 86.1 cm³/mol. The van der Waals surface area contributed by atoms with E-state index in [0.717, 1.165) is 10.9 Å². The van der Waals surface area contributed by atoms with E-state index in [2.05, 4.69) is 10.6 Å². The number of halogens is 1. The van der Waals surface area contributed by atoms with Crippen LogP contribution in [0.25, 0.3) is 0 Å². The summed E-state index contributed by atoms with van der Waals surface area (Å²) >= 11 is 1.36. The zero-order valence-electron chi connectivity index (χ0n) is 12.4. The number of anilines is 1. The van der Waals surface area contributed by atoms with Crippen molar-refractivity contribution in [1.82, 2.24) is 5.32 Å². The Labute approximate surface area is 136 Å². The molecule has 5 nitrogen and oxygen atoms in total. The van der Waals surface area contributed by atoms with Crippen molar-refractivity contribution in [3.8, 4) is 0 Å². The molecule has 1 aromatic heterocycles. The van der Waals surface area contributed by atoms with Crippen molar-refractivity contribution in [2.45, 2.75) is 13.3 Å². The largest absolute Gasteiger partial charge is 0.347 e. The summed E-state index contributed by atoms with van der Waals surface area (Å²) < 4.78 is 13.0. The van der Waals surface area contributed by atoms with Crippen LogP contribution in [0, 0.1) is 5.82 Å². The Bertz CT molecular complexity index is 742. The molecule has 2 aromatic rings. The third-order valence-electron chi connectivity index (χ3n) is 2.95. The number of Topliss-reactive ketones (excluding diaryl/α,β-unsaturated/α-hetero) is 1. The molecule has 23 heavy (non-hydrogen) atoms. The molecule has 0 fully saturated rings. The highest BCUT2D eigenvalue weighted by molar-refractivity contribution is 7.14. The summed E-state index contributed by atoms with van der Waals surface area (Å²) in [5, 5.41) is 4.80. The van der Waals surface area contributed by atoms with Crippen LogP contribution in [0.3, 0.4) is 0 Å². The van der Waals surface area contributed by atoms with Gasteiger partial charge < -0.3 is 10.6 Å². The van der Waals surface area contributed by atoms with Crippen molar-refractivity contribution in [2.75, 3.05) is 11.9 Å². The van der Waals surface area contributed by atoms with Crippen LogP contribution in [-0.2, 0) is 16.0 Å². The minimum atomic E-state index is -0.855. The number of hydrogen-bond acceptors (Lipinski definition) is 4. The van der Waals surface area contributed by atoms with Gasteiger partial charge in [-0.05, 0) is 43.7 Å². The predicted octanol–water partition coefficient (Wildman–Crippen LogP) is 2.39. The van der Waals surface area contributed by atoms with E-state index >= 15 is 0 Å². The van der Waals surface area contributed by atoms with Gasteiger partial charge >= 0.3 is 11.8 Å². The molecule has 0 aliphatic carbocycles. The van der Waals surface area contributed by atoms with E-state index in [1.807, 2.05) is 6.07 Å². The number of hydrogen-bond donors (Lipinski definition) is 2. The Morgan fingerprint density at radius 2 is 1.91 bits per heavy atom. The highest BCUT2D eigenvalue weighted by Crippen LogP contribution is 2.17. The summed E-state index contributed by atoms with van der Waals surface area (Å²) in [5.74, 6) is -2.15. The first kappa shape index (κ1) is 16.8. The van der Waals surface area contributed by atoms with Crippen LogP contribution in [0.2, 0.25) is 0 Å². The van der Waals surface area contributed by atoms with E-state index in [1.165, 1.54) is 36.5 Å². The number of rotatable bonds is 5. The molecular weight excluding hydrogens is 319 g/mol. The number of thiophene rings is 1. The quantitative estimate of drug-likeness (QED) is 0.651. The molecule has 0 aliphatic heterocycles. The van der Waals surface area contributed by atoms with Crippen LogP contribution in [0.1, 0.15) is 21.5 Å². The second-order valence-electron chi connectivity index (χ2n) is 4.79. The zero-order chi connectivity index (χ0) is 16.8. The zero-order valence-corrected chi connectivity index (χ0v) is 13.2. The Kier molecular flexibility index (Phi) is 5.59. The number of benzene rings is 1. The number of ketones is 1. The summed E-state index contributed by atoms with van der Waals surface area (Å²) in [7, 11) is 0. The summed E-state index contributed by atoms with van der Waals surface area (Å²) in [4.78, 5) is 36.1. The molecule has 0 spiro atoms. The van der Waals surface area contributed by atoms with Crippen LogP contribution in [0.5, 0.6) is 0 Å². The Morgan fingerprint density at radius 1 is 1.13 bits per heavy atom. The minimum Gasteiger partial charge on any atom is -0.347 e. The molecular formula is C16H15FN2O3S. The van der Waals surface area contributed by atoms with Crippen molar-refractivity contribution in [3.05, 3.63) is 52.0 Å². The second kappa shape index (κ2) is 7.64. The molecule has 0 saturated heterocycles. The lowest BCUT2D eigenvalue weighted by Crippen LogP contribution is -2.36. The van der Waals surface area contributed by atoms with Gasteiger partial charge in [-0.1, -0.05) is 6.07 Å². The van der Waals surface area contributed by atoms with Crippen molar-refractivity contribution in [3.63, 3.8) is 0 Å². The van der Waals surface area contributed by atoms with E-state index in [4.69, 9.17) is 0 Å². The van der Waals surface area contributed by atoms with Crippen LogP contribution in [0.4, 0.5) is 10.1 Å². The molecule has 1 heterocycles. The molecule has 0 radical (unpaired) electrons. The van der Waals surface area contributed by atoms with Gasteiger partial charge in [0, 0.05) is 17.1 Å². The van der Waals surface area contributed by atoms with Crippen LogP contribution in [0.15, 0.2) is 36.4 Å². The maximum atomic E-state index is 13.0. The Balaban J connectivity index is 1.79. The monoisotopic (exact) mass is 334 g/mol. The van der Waals surface area contributed by atoms with E-state index in [-0.39, 0.29) is 18.0 Å². The molecule has 0 saturated carbocycles. The molecule has 120 valence electrons. The van der Waals surface area contributed by atoms with Gasteiger partial charge in [-0.3, -0.25) is 14.4 Å². The average Bonchev–Trinajstić information content (AvgIpc) is 2.96. The number of amides is 2. The SMILES string of the molecule is CC(=O)c1ccc(CCNC(=O)C(=O)Nc2cccc(F)c2)s1. The molecule has 0 atom stereocenters. The first-order valence-electron chi connectivity index (χ1n) is 6.90. The molecule has 1 aromatic carbocycles. The molecule has 2 rings (SSSR count). The van der Waals surface area contributed by atoms with Gasteiger partial charge in [0.1, 0.15) is 5.82 Å². The van der Waals surface area contributed by atoms with Crippen molar-refractivity contribution in [1.29, 1.82) is 0 Å². The van der Waals surface area contributed by atoms with E-state index < -0.39 is 17.6 Å². The third-order valence-corrected chi connectivity index (χ3v) is 4.20. The summed E-state index contributed by atoms with van der Waals surface area (Å²) in [6.45, 7) is 1.77. The molecule has 2 N–H and O–H groups in total. The Hall–Kier alpha value is -2.54. The number of nitrogens with one attached hydrogen (secondary N) is 2. The van der Waals surface area contributed by atoms with E-state index in [9.17, 15) is 18.8 Å². The highest BCUT2D eigenvalue weighted by Gasteiger charge is 2.13. The lowest BCUT2D eigenvalue weighted by molar-refractivity contribution is -0.136. The fraction of sp³-hybridized carbons (Fsp3) is 0.188. The Morgan fingerprint density at radius 3 is 2.57 bits per heavy atom. The fourth-order valence-electron chi connectivity index (χ4n) is 1.84. The van der Waals surface area contributed by atoms with Crippen LogP contribution in [-0.4, -0.2) is 24.1 Å². The lowest BCUT2D eigenvalue weighted by Gasteiger charge is -2.06. The number of carbonyl (C=O) groups is 3. The molecule has 0 bridgehead atoms. The smallest absolute Gasteiger partial charge is 0.313 e. The van der Waals surface area contributed by atoms with E-state index in [0.29, 0.717) is 11.3 Å². The summed E-state index contributed by atoms with van der Waals surface area (Å²) in [6.07, 6.45) is 0.525. The standard InChI is InChI=1S/C16H15FN2O3S/c1-10(20)14-6-5-13(23-14)7-8-18-15(21)16(22)19-12-4-2-3-11(17)9-12/h2-6,9H,7-8H2,1H3,(H,18,21)(H,19,22). The van der Waals surface area contributed by atoms with Crippen LogP contribution >= 0.6 is 11.3 Å². The van der Waals surface area contributed by atoms with Gasteiger partial charge in [0.15, 0.2) is 5.78 Å². The fourth-order valence-corrected chi connectivity index (χ4v) is 2.74. The second-order valence-corrected chi connectivity index (χ2v) is 5.96. The summed E-state index contributed by atoms with van der Waals surface area (Å²) in [6, 6.07) is 8.85. The maximum Gasteiger partial charge on any atom is 0.313 e. The summed E-state index contributed by atoms with van der Waals surface area (Å²) in [5.41, 5.74) is 0.217. The first-order valence-corrected chi connectivity index (χ1v) is 7.72. The third kappa shape index (κ3) is 5.00. The molecule has 0 unspecified atom stereocenters. The van der Waals surface area contributed by atoms with Gasteiger partial charge in [0.25, 0.3) is 0 Å². The highest BCUT2D eigenvalue weighted by atomic mass is 32.1. The van der Waals surface area contributed by atoms with E-state index in [1.54, 1.807) is 6.07 Å². The topological polar surface area (TPSA) is 75.3 Å². The minimum absolute atomic E-state index is 0.000225. The maximum absolute atomic E-state index is 13.0. The van der Waals surface area contributed by atoms with Crippen LogP contribution < -0.4 is 10.6 Å². The first-order chi connectivity index (χ1) is 11.0. The van der Waals surface area contributed by atoms with Gasteiger partial charge in [-0.2, -0.15) is 0 Å². The van der Waals surface area contributed by atoms with Crippen molar-refractivity contribution in [2.24, 2.45) is 0 Å². The van der Waals surface area contributed by atoms with Gasteiger partial charge in [-0.25, -0.2) is 4.39 Å². The number of carbonyl (C=O) groups excluding carboxylic acids is 3. The lowest BCUT2D eigenvalue weighted by atomic mass is 10.3. The normalized spacial score (nSPS) is 10.2. The van der Waals surface area contributed by atoms with Gasteiger partial charge in [0.05, 0.1) is 4.88 Å². The molecule has 7 heteroatoms. The molecule has 0 aliphatic rings. The van der Waals surface area contributed by atoms with Gasteiger partial charge in [-0.15, -0.1) is 11.3 Å². The molecule has 2 amide bonds. The van der Waals surface area contributed by atoms with Crippen molar-refractivity contribution >= 4 is 34.6 Å².